The van der Waals surface area contributed by atoms with Gasteiger partial charge in [-0.1, -0.05) is 57.4 Å². The number of carbonyl (C=O) groups is 4. The molecular formula is C44H62N7O19P3-4. The summed E-state index contributed by atoms with van der Waals surface area (Å²) in [6.45, 7) is -0.0317. The van der Waals surface area contributed by atoms with Gasteiger partial charge in [-0.25, -0.2) is 19.3 Å². The third-order valence-electron chi connectivity index (χ3n) is 13.6. The van der Waals surface area contributed by atoms with Crippen molar-refractivity contribution in [3.05, 3.63) is 48.0 Å². The van der Waals surface area contributed by atoms with Gasteiger partial charge >= 0.3 is 5.97 Å². The first kappa shape index (κ1) is 58.2. The summed E-state index contributed by atoms with van der Waals surface area (Å²) in [7, 11) is -17.7. The van der Waals surface area contributed by atoms with Gasteiger partial charge in [-0.2, -0.15) is 0 Å². The number of ketones is 1. The monoisotopic (exact) mass is 1090 g/mol. The van der Waals surface area contributed by atoms with Crippen molar-refractivity contribution >= 4 is 64.0 Å². The number of unbranched alkanes of at least 4 members (excludes halogenated alkanes) is 3. The van der Waals surface area contributed by atoms with Crippen molar-refractivity contribution in [2.75, 3.05) is 32.0 Å². The topological polar surface area (TPSA) is 412 Å². The Hall–Kier alpha value is -4.10. The van der Waals surface area contributed by atoms with Crippen LogP contribution in [0.4, 0.5) is 5.82 Å². The van der Waals surface area contributed by atoms with Gasteiger partial charge in [-0.15, -0.1) is 0 Å². The lowest BCUT2D eigenvalue weighted by Gasteiger charge is -2.36. The fraction of sp³-hybridized carbons (Fsp3) is 0.659. The molecule has 2 amide bonds. The van der Waals surface area contributed by atoms with Gasteiger partial charge in [0.25, 0.3) is 15.6 Å². The van der Waals surface area contributed by atoms with E-state index in [0.717, 1.165) is 101 Å². The number of nitrogens with one attached hydrogen (secondary N) is 2. The normalized spacial score (nSPS) is 22.2. The Balaban J connectivity index is 0.855. The maximum Gasteiger partial charge on any atom is 0.309 e. The van der Waals surface area contributed by atoms with Gasteiger partial charge in [0.15, 0.2) is 17.7 Å². The van der Waals surface area contributed by atoms with Crippen molar-refractivity contribution in [2.24, 2.45) is 16.2 Å². The van der Waals surface area contributed by atoms with Crippen LogP contribution < -0.4 is 35.9 Å². The third-order valence-corrected chi connectivity index (χ3v) is 16.6. The number of ether oxygens (including phenoxy) is 1. The Bertz CT molecular complexity index is 2590. The molecule has 0 radical (unpaired) electrons. The summed E-state index contributed by atoms with van der Waals surface area (Å²) >= 11 is 0. The minimum Gasteiger partial charge on any atom is -0.790 e. The molecule has 2 aromatic heterocycles. The minimum atomic E-state index is -5.94. The lowest BCUT2D eigenvalue weighted by Crippen LogP contribution is -2.46. The highest BCUT2D eigenvalue weighted by Crippen LogP contribution is 2.57. The molecule has 406 valence electrons. The number of nitrogen functional groups attached to an aromatic ring is 1. The first-order chi connectivity index (χ1) is 34.3. The molecule has 7 atom stereocenters. The smallest absolute Gasteiger partial charge is 0.309 e. The molecule has 0 bridgehead atoms. The zero-order chi connectivity index (χ0) is 53.4. The highest BCUT2D eigenvalue weighted by atomic mass is 31.3. The van der Waals surface area contributed by atoms with Gasteiger partial charge in [0, 0.05) is 36.8 Å². The molecule has 1 aliphatic heterocycles. The molecule has 3 fully saturated rings. The Kier molecular flexibility index (Phi) is 19.3. The SMILES string of the molecule is CC(C)(COP(=O)([O-])OP(=O)([O-])OCC1OC(n2cnc3c(N)ncnc32)C(O)C1OP(=O)([O-])[O-])C(O)C(=O)NCCC(=O)NCCC(=O)C1(CCCCc2ccccc2CCCCCC2(C(=O)O)CC2)CC1. The van der Waals surface area contributed by atoms with Gasteiger partial charge in [-0.05, 0) is 75.3 Å². The van der Waals surface area contributed by atoms with E-state index in [0.29, 0.717) is 0 Å². The number of nitrogens with two attached hydrogens (primary N) is 1. The van der Waals surface area contributed by atoms with E-state index in [1.165, 1.54) is 25.0 Å². The number of phosphoric acid groups is 3. The molecule has 3 aromatic rings. The second-order valence-electron chi connectivity index (χ2n) is 19.6. The number of aryl methyl sites for hydroxylation is 2. The van der Waals surface area contributed by atoms with Crippen molar-refractivity contribution in [3.8, 4) is 0 Å². The number of benzene rings is 1. The molecule has 2 aliphatic carbocycles. The van der Waals surface area contributed by atoms with E-state index in [-0.39, 0.29) is 54.1 Å². The average molecular weight is 1090 g/mol. The van der Waals surface area contributed by atoms with Crippen LogP contribution in [0.5, 0.6) is 0 Å². The number of fused-ring (bicyclic) bond motifs is 1. The zero-order valence-electron chi connectivity index (χ0n) is 40.4. The molecule has 26 nitrogen and oxygen atoms in total. The summed E-state index contributed by atoms with van der Waals surface area (Å²) in [5, 5.41) is 36.0. The number of aliphatic hydroxyl groups excluding tert-OH is 2. The number of carboxylic acids is 1. The van der Waals surface area contributed by atoms with Gasteiger partial charge in [-0.3, -0.25) is 32.9 Å². The number of phosphoric ester groups is 3. The number of hydrogen-bond donors (Lipinski definition) is 6. The number of aromatic nitrogens is 4. The third kappa shape index (κ3) is 16.2. The van der Waals surface area contributed by atoms with E-state index in [1.54, 1.807) is 0 Å². The zero-order valence-corrected chi connectivity index (χ0v) is 43.1. The quantitative estimate of drug-likeness (QED) is 0.0375. The first-order valence-electron chi connectivity index (χ1n) is 23.9. The van der Waals surface area contributed by atoms with E-state index in [2.05, 4.69) is 55.6 Å². The fourth-order valence-corrected chi connectivity index (χ4v) is 11.6. The molecule has 29 heteroatoms. The number of carboxylic acid groups (broad SMARTS) is 1. The van der Waals surface area contributed by atoms with Crippen molar-refractivity contribution in [1.29, 1.82) is 0 Å². The van der Waals surface area contributed by atoms with Crippen molar-refractivity contribution in [3.63, 3.8) is 0 Å². The molecule has 0 spiro atoms. The standard InChI is InChI=1S/C44H66N7O19P3/c1-42(2,25-67-73(64,65)70-72(62,63)66-24-30-35(69-71(59,60)61)34(54)40(68-30)51-27-50-33-37(45)48-26-49-38(33)51)36(55)39(56)47-23-15-32(53)46-22-14-31(52)43(18-19-43)16-9-7-13-29-12-6-5-11-28(29)10-4-3-8-17-44(20-21-44)41(57)58/h5-6,11-12,26-27,30,34-36,40,54-55H,3-4,7-10,13-25H2,1-2H3,(H,46,53)(H,47,56)(H,57,58)(H,62,63)(H,64,65)(H2,45,48,49)(H2,59,60,61)/p-4. The molecule has 1 aromatic carbocycles. The Labute approximate surface area is 420 Å². The predicted molar refractivity (Wildman–Crippen MR) is 248 cm³/mol. The van der Waals surface area contributed by atoms with Crippen LogP contribution in [-0.4, -0.2) is 109 Å². The van der Waals surface area contributed by atoms with E-state index in [9.17, 15) is 67.8 Å². The largest absolute Gasteiger partial charge is 0.790 e. The van der Waals surface area contributed by atoms with E-state index in [1.807, 2.05) is 12.1 Å². The van der Waals surface area contributed by atoms with Crippen molar-refractivity contribution in [2.45, 2.75) is 141 Å². The summed E-state index contributed by atoms with van der Waals surface area (Å²) in [4.78, 5) is 110. The van der Waals surface area contributed by atoms with E-state index < -0.39 is 95.9 Å². The number of Topliss-reactive ketones (excluding diaryl/α,β-unsaturated/α-hetero) is 1. The lowest BCUT2D eigenvalue weighted by molar-refractivity contribution is -0.347. The fourth-order valence-electron chi connectivity index (χ4n) is 8.82. The number of anilines is 1. The maximum atomic E-state index is 13.2. The number of amides is 2. The predicted octanol–water partition coefficient (Wildman–Crippen LogP) is 0.997. The van der Waals surface area contributed by atoms with Crippen LogP contribution in [0.3, 0.4) is 0 Å². The highest BCUT2D eigenvalue weighted by Gasteiger charge is 2.50. The Morgan fingerprint density at radius 1 is 0.877 bits per heavy atom. The summed E-state index contributed by atoms with van der Waals surface area (Å²) in [6, 6.07) is 8.35. The summed E-state index contributed by atoms with van der Waals surface area (Å²) in [6.07, 6.45) is 3.70. The van der Waals surface area contributed by atoms with Crippen molar-refractivity contribution in [1.82, 2.24) is 30.2 Å². The number of rotatable bonds is 32. The summed E-state index contributed by atoms with van der Waals surface area (Å²) in [5.74, 6) is -2.17. The average Bonchev–Trinajstić information content (AvgIpc) is 4.23. The van der Waals surface area contributed by atoms with Gasteiger partial charge < -0.3 is 74.1 Å². The van der Waals surface area contributed by atoms with Crippen LogP contribution in [0, 0.1) is 16.2 Å². The highest BCUT2D eigenvalue weighted by molar-refractivity contribution is 7.59. The Morgan fingerprint density at radius 3 is 2.11 bits per heavy atom. The summed E-state index contributed by atoms with van der Waals surface area (Å²) < 4.78 is 61.0. The second kappa shape index (κ2) is 24.3. The number of aliphatic carboxylic acids is 1. The number of aliphatic hydroxyl groups is 2. The molecule has 7 N–H and O–H groups in total. The molecule has 2 saturated carbocycles. The molecule has 3 heterocycles. The van der Waals surface area contributed by atoms with Crippen LogP contribution >= 0.6 is 23.5 Å². The van der Waals surface area contributed by atoms with Crippen molar-refractivity contribution < 1.29 is 90.4 Å². The van der Waals surface area contributed by atoms with Crippen LogP contribution in [0.2, 0.25) is 0 Å². The van der Waals surface area contributed by atoms with Crippen LogP contribution in [-0.2, 0) is 68.3 Å². The maximum absolute atomic E-state index is 13.2. The van der Waals surface area contributed by atoms with E-state index >= 15 is 0 Å². The van der Waals surface area contributed by atoms with Crippen LogP contribution in [0.1, 0.15) is 115 Å². The van der Waals surface area contributed by atoms with Gasteiger partial charge in [0.1, 0.15) is 42.0 Å². The van der Waals surface area contributed by atoms with Gasteiger partial charge in [0.2, 0.25) is 11.8 Å². The molecule has 1 saturated heterocycles. The molecule has 73 heavy (non-hydrogen) atoms. The van der Waals surface area contributed by atoms with Crippen LogP contribution in [0.25, 0.3) is 11.2 Å². The van der Waals surface area contributed by atoms with Gasteiger partial charge in [0.05, 0.1) is 32.8 Å². The van der Waals surface area contributed by atoms with E-state index in [4.69, 9.17) is 10.5 Å². The minimum absolute atomic E-state index is 0.0253. The number of nitrogens with zero attached hydrogens (tertiary/aromatic N) is 4. The molecule has 3 aliphatic rings. The number of imidazole rings is 1. The number of carbonyl (C=O) groups excluding carboxylic acids is 3. The summed E-state index contributed by atoms with van der Waals surface area (Å²) in [5.41, 5.74) is 5.80. The lowest BCUT2D eigenvalue weighted by atomic mass is 9.87. The number of hydrogen-bond acceptors (Lipinski definition) is 22. The molecule has 6 rings (SSSR count). The second-order valence-corrected chi connectivity index (χ2v) is 23.6. The molecular weight excluding hydrogens is 1020 g/mol. The molecule has 7 unspecified atom stereocenters. The van der Waals surface area contributed by atoms with Crippen LogP contribution in [0.15, 0.2) is 36.9 Å². The Morgan fingerprint density at radius 2 is 1.48 bits per heavy atom. The first-order valence-corrected chi connectivity index (χ1v) is 28.3.